The fraction of sp³-hybridized carbons (Fsp3) is 0.852. The zero-order valence-corrected chi connectivity index (χ0v) is 24.6. The highest BCUT2D eigenvalue weighted by molar-refractivity contribution is 7.47. The summed E-state index contributed by atoms with van der Waals surface area (Å²) in [6.07, 6.45) is 19.0. The molecule has 37 heavy (non-hydrogen) atoms. The Balaban J connectivity index is 3.96. The van der Waals surface area contributed by atoms with Crippen LogP contribution in [0.3, 0.4) is 0 Å². The summed E-state index contributed by atoms with van der Waals surface area (Å²) in [5.74, 6) is -0.459. The fourth-order valence-electron chi connectivity index (χ4n) is 3.49. The van der Waals surface area contributed by atoms with Crippen molar-refractivity contribution < 1.29 is 42.1 Å². The second kappa shape index (κ2) is 22.7. The number of allylic oxidation sites excluding steroid dienone is 2. The first-order chi connectivity index (χ1) is 17.6. The Kier molecular flexibility index (Phi) is 21.9. The van der Waals surface area contributed by atoms with E-state index in [-0.39, 0.29) is 26.1 Å². The first kappa shape index (κ1) is 35.8. The van der Waals surface area contributed by atoms with Crippen LogP contribution in [0.4, 0.5) is 0 Å². The molecule has 9 nitrogen and oxygen atoms in total. The van der Waals surface area contributed by atoms with E-state index in [1.165, 1.54) is 44.9 Å². The average molecular weight is 551 g/mol. The van der Waals surface area contributed by atoms with Crippen LogP contribution in [0.25, 0.3) is 0 Å². The standard InChI is InChI=1S/C27H52NO8P/c1-5-6-7-8-9-10-11-12-13-14-15-16-17-18-19-20-27(30)36-26(23-33-25-29)24-35-37(31,32)34-22-21-28(2,3)4/h12-13,25-26H,5-11,14-24H2,1-4H3/p+1/b13-12+/t26-/m1/s1. The van der Waals surface area contributed by atoms with Crippen LogP contribution in [-0.2, 0) is 32.7 Å². The summed E-state index contributed by atoms with van der Waals surface area (Å²) < 4.78 is 32.4. The topological polar surface area (TPSA) is 108 Å². The van der Waals surface area contributed by atoms with Gasteiger partial charge < -0.3 is 18.9 Å². The van der Waals surface area contributed by atoms with Gasteiger partial charge in [-0.3, -0.25) is 18.6 Å². The van der Waals surface area contributed by atoms with Gasteiger partial charge >= 0.3 is 13.8 Å². The van der Waals surface area contributed by atoms with Crippen molar-refractivity contribution in [2.45, 2.75) is 103 Å². The van der Waals surface area contributed by atoms with Crippen molar-refractivity contribution in [3.8, 4) is 0 Å². The molecule has 0 fully saturated rings. The molecule has 0 saturated carbocycles. The normalized spacial score (nSPS) is 14.4. The molecule has 0 heterocycles. The van der Waals surface area contributed by atoms with Gasteiger partial charge in [0.05, 0.1) is 27.7 Å². The summed E-state index contributed by atoms with van der Waals surface area (Å²) in [4.78, 5) is 32.5. The lowest BCUT2D eigenvalue weighted by atomic mass is 10.1. The summed E-state index contributed by atoms with van der Waals surface area (Å²) >= 11 is 0. The Morgan fingerprint density at radius 3 is 2.00 bits per heavy atom. The van der Waals surface area contributed by atoms with Gasteiger partial charge in [0, 0.05) is 6.42 Å². The van der Waals surface area contributed by atoms with Crippen molar-refractivity contribution in [3.63, 3.8) is 0 Å². The number of nitrogens with zero attached hydrogens (tertiary/aromatic N) is 1. The molecule has 0 aliphatic rings. The molecule has 0 aromatic rings. The lowest BCUT2D eigenvalue weighted by molar-refractivity contribution is -0.870. The number of unbranched alkanes of at least 4 members (excludes halogenated alkanes) is 11. The highest BCUT2D eigenvalue weighted by Gasteiger charge is 2.26. The van der Waals surface area contributed by atoms with Gasteiger partial charge in [0.25, 0.3) is 6.47 Å². The SMILES string of the molecule is CCCCCCCC/C=C/CCCCCCCC(=O)O[C@H](COC=O)COP(=O)(O)OCC[N+](C)(C)C. The quantitative estimate of drug-likeness (QED) is 0.0352. The van der Waals surface area contributed by atoms with Crippen LogP contribution in [0.15, 0.2) is 12.2 Å². The molecule has 0 aromatic heterocycles. The summed E-state index contributed by atoms with van der Waals surface area (Å²) in [5, 5.41) is 0. The summed E-state index contributed by atoms with van der Waals surface area (Å²) in [5.41, 5.74) is 0. The molecule has 1 unspecified atom stereocenters. The van der Waals surface area contributed by atoms with Gasteiger partial charge in [-0.05, 0) is 32.1 Å². The molecule has 10 heteroatoms. The minimum absolute atomic E-state index is 0.0298. The molecule has 218 valence electrons. The molecule has 0 aromatic carbocycles. The van der Waals surface area contributed by atoms with E-state index in [9.17, 15) is 19.0 Å². The molecular weight excluding hydrogens is 497 g/mol. The lowest BCUT2D eigenvalue weighted by Gasteiger charge is -2.24. The Morgan fingerprint density at radius 1 is 0.865 bits per heavy atom. The third-order valence-electron chi connectivity index (χ3n) is 5.73. The van der Waals surface area contributed by atoms with Gasteiger partial charge in [-0.25, -0.2) is 4.57 Å². The van der Waals surface area contributed by atoms with Gasteiger partial charge in [-0.15, -0.1) is 0 Å². The minimum atomic E-state index is -4.31. The van der Waals surface area contributed by atoms with Gasteiger partial charge in [0.2, 0.25) is 0 Å². The summed E-state index contributed by atoms with van der Waals surface area (Å²) in [7, 11) is 1.46. The van der Waals surface area contributed by atoms with Gasteiger partial charge in [0.15, 0.2) is 6.10 Å². The second-order valence-corrected chi connectivity index (χ2v) is 11.9. The first-order valence-corrected chi connectivity index (χ1v) is 15.4. The van der Waals surface area contributed by atoms with Crippen LogP contribution in [-0.4, -0.2) is 75.4 Å². The number of ether oxygens (including phenoxy) is 2. The van der Waals surface area contributed by atoms with Crippen LogP contribution < -0.4 is 0 Å². The molecule has 2 atom stereocenters. The third-order valence-corrected chi connectivity index (χ3v) is 6.72. The van der Waals surface area contributed by atoms with Crippen LogP contribution in [0.5, 0.6) is 0 Å². The molecule has 0 rings (SSSR count). The number of phosphoric ester groups is 1. The number of quaternary nitrogens is 1. The predicted molar refractivity (Wildman–Crippen MR) is 146 cm³/mol. The number of hydrogen-bond donors (Lipinski definition) is 1. The van der Waals surface area contributed by atoms with Gasteiger partial charge in [-0.1, -0.05) is 70.4 Å². The van der Waals surface area contributed by atoms with Crippen molar-refractivity contribution in [2.75, 3.05) is 47.5 Å². The van der Waals surface area contributed by atoms with Gasteiger partial charge in [-0.2, -0.15) is 0 Å². The predicted octanol–water partition coefficient (Wildman–Crippen LogP) is 5.95. The Labute approximate surface area is 225 Å². The maximum Gasteiger partial charge on any atom is 0.472 e. The highest BCUT2D eigenvalue weighted by Crippen LogP contribution is 2.43. The summed E-state index contributed by atoms with van der Waals surface area (Å²) in [6.45, 7) is 2.33. The number of esters is 1. The van der Waals surface area contributed by atoms with Crippen molar-refractivity contribution in [1.82, 2.24) is 0 Å². The largest absolute Gasteiger partial charge is 0.472 e. The van der Waals surface area contributed by atoms with Crippen molar-refractivity contribution in [1.29, 1.82) is 0 Å². The number of hydrogen-bond acceptors (Lipinski definition) is 7. The van der Waals surface area contributed by atoms with E-state index >= 15 is 0 Å². The van der Waals surface area contributed by atoms with Crippen molar-refractivity contribution in [3.05, 3.63) is 12.2 Å². The number of phosphoric acid groups is 1. The maximum absolute atomic E-state index is 12.2. The molecule has 0 spiro atoms. The van der Waals surface area contributed by atoms with E-state index in [2.05, 4.69) is 23.8 Å². The van der Waals surface area contributed by atoms with Crippen LogP contribution >= 0.6 is 7.82 Å². The molecule has 0 aliphatic carbocycles. The van der Waals surface area contributed by atoms with E-state index in [0.29, 0.717) is 17.4 Å². The molecule has 0 saturated heterocycles. The van der Waals surface area contributed by atoms with Gasteiger partial charge in [0.1, 0.15) is 19.8 Å². The number of carbonyl (C=O) groups is 2. The zero-order valence-electron chi connectivity index (χ0n) is 23.7. The molecule has 0 amide bonds. The highest BCUT2D eigenvalue weighted by atomic mass is 31.2. The van der Waals surface area contributed by atoms with E-state index in [4.69, 9.17) is 13.8 Å². The Morgan fingerprint density at radius 2 is 1.43 bits per heavy atom. The number of carbonyl (C=O) groups excluding carboxylic acids is 2. The molecule has 0 radical (unpaired) electrons. The van der Waals surface area contributed by atoms with E-state index in [1.54, 1.807) is 0 Å². The molecule has 1 N–H and O–H groups in total. The molecular formula is C27H53NO8P+. The number of likely N-dealkylation sites (N-methyl/N-ethyl adjacent to an activating group) is 1. The van der Waals surface area contributed by atoms with Crippen LogP contribution in [0.1, 0.15) is 96.8 Å². The molecule has 0 aliphatic heterocycles. The Bertz CT molecular complexity index is 651. The second-order valence-electron chi connectivity index (χ2n) is 10.5. The maximum atomic E-state index is 12.2. The lowest BCUT2D eigenvalue weighted by Crippen LogP contribution is -2.37. The monoisotopic (exact) mass is 550 g/mol. The van der Waals surface area contributed by atoms with E-state index in [1.807, 2.05) is 21.1 Å². The van der Waals surface area contributed by atoms with Crippen LogP contribution in [0.2, 0.25) is 0 Å². The van der Waals surface area contributed by atoms with E-state index < -0.39 is 26.5 Å². The smallest absolute Gasteiger partial charge is 0.464 e. The van der Waals surface area contributed by atoms with Crippen molar-refractivity contribution >= 4 is 20.3 Å². The molecule has 0 bridgehead atoms. The minimum Gasteiger partial charge on any atom is -0.464 e. The van der Waals surface area contributed by atoms with Crippen LogP contribution in [0, 0.1) is 0 Å². The number of rotatable bonds is 26. The summed E-state index contributed by atoms with van der Waals surface area (Å²) in [6, 6.07) is 0. The zero-order chi connectivity index (χ0) is 27.8. The average Bonchev–Trinajstić information content (AvgIpc) is 2.82. The first-order valence-electron chi connectivity index (χ1n) is 13.9. The van der Waals surface area contributed by atoms with E-state index in [0.717, 1.165) is 32.1 Å². The fourth-order valence-corrected chi connectivity index (χ4v) is 4.23. The third kappa shape index (κ3) is 26.2. The Hall–Kier alpha value is -1.25. The van der Waals surface area contributed by atoms with Crippen molar-refractivity contribution in [2.24, 2.45) is 0 Å².